The normalized spacial score (nSPS) is 12.4. The lowest BCUT2D eigenvalue weighted by molar-refractivity contribution is 0.0914. The van der Waals surface area contributed by atoms with Crippen molar-refractivity contribution in [2.24, 2.45) is 0 Å². The summed E-state index contributed by atoms with van der Waals surface area (Å²) in [6, 6.07) is 6.57. The number of halogens is 1. The highest BCUT2D eigenvalue weighted by molar-refractivity contribution is 6.30. The van der Waals surface area contributed by atoms with Crippen LogP contribution in [0, 0.1) is 0 Å². The average Bonchev–Trinajstić information content (AvgIpc) is 2.84. The molecule has 1 atom stereocenters. The standard InChI is InChI=1S/C12H12ClN3O/c1-2-11(16-8-14-7-15-16)12(17)9-3-5-10(13)6-4-9/h3-8,11H,2H2,1H3. The molecule has 1 aromatic carbocycles. The van der Waals surface area contributed by atoms with Crippen LogP contribution in [0.2, 0.25) is 5.02 Å². The van der Waals surface area contributed by atoms with Gasteiger partial charge in [-0.3, -0.25) is 4.79 Å². The first-order valence-electron chi connectivity index (χ1n) is 5.36. The number of carbonyl (C=O) groups is 1. The van der Waals surface area contributed by atoms with E-state index in [1.54, 1.807) is 35.3 Å². The Morgan fingerprint density at radius 3 is 2.65 bits per heavy atom. The van der Waals surface area contributed by atoms with Crippen LogP contribution in [-0.4, -0.2) is 20.5 Å². The fourth-order valence-corrected chi connectivity index (χ4v) is 1.80. The summed E-state index contributed by atoms with van der Waals surface area (Å²) in [7, 11) is 0. The molecule has 4 nitrogen and oxygen atoms in total. The van der Waals surface area contributed by atoms with Crippen LogP contribution in [0.25, 0.3) is 0 Å². The highest BCUT2D eigenvalue weighted by Gasteiger charge is 2.20. The van der Waals surface area contributed by atoms with E-state index in [1.165, 1.54) is 6.33 Å². The molecule has 0 aliphatic rings. The maximum Gasteiger partial charge on any atom is 0.187 e. The van der Waals surface area contributed by atoms with Gasteiger partial charge in [0.05, 0.1) is 0 Å². The number of carbonyl (C=O) groups excluding carboxylic acids is 1. The van der Waals surface area contributed by atoms with Crippen molar-refractivity contribution in [2.45, 2.75) is 19.4 Å². The molecule has 0 radical (unpaired) electrons. The Morgan fingerprint density at radius 1 is 1.41 bits per heavy atom. The van der Waals surface area contributed by atoms with E-state index in [-0.39, 0.29) is 11.8 Å². The second-order valence-electron chi connectivity index (χ2n) is 3.67. The summed E-state index contributed by atoms with van der Waals surface area (Å²) in [4.78, 5) is 16.1. The maximum atomic E-state index is 12.3. The molecule has 2 aromatic rings. The van der Waals surface area contributed by atoms with Crippen LogP contribution in [0.15, 0.2) is 36.9 Å². The van der Waals surface area contributed by atoms with Crippen LogP contribution in [0.1, 0.15) is 29.7 Å². The topological polar surface area (TPSA) is 47.8 Å². The first-order chi connectivity index (χ1) is 8.22. The van der Waals surface area contributed by atoms with Crippen LogP contribution in [-0.2, 0) is 0 Å². The van der Waals surface area contributed by atoms with Crippen molar-refractivity contribution >= 4 is 17.4 Å². The fraction of sp³-hybridized carbons (Fsp3) is 0.250. The smallest absolute Gasteiger partial charge is 0.187 e. The van der Waals surface area contributed by atoms with Crippen LogP contribution in [0.4, 0.5) is 0 Å². The highest BCUT2D eigenvalue weighted by atomic mass is 35.5. The zero-order valence-corrected chi connectivity index (χ0v) is 10.1. The lowest BCUT2D eigenvalue weighted by Crippen LogP contribution is -2.19. The van der Waals surface area contributed by atoms with E-state index < -0.39 is 0 Å². The molecule has 17 heavy (non-hydrogen) atoms. The molecular weight excluding hydrogens is 238 g/mol. The largest absolute Gasteiger partial charge is 0.292 e. The van der Waals surface area contributed by atoms with Crippen LogP contribution in [0.5, 0.6) is 0 Å². The van der Waals surface area contributed by atoms with E-state index in [2.05, 4.69) is 10.1 Å². The molecule has 0 N–H and O–H groups in total. The fourth-order valence-electron chi connectivity index (χ4n) is 1.68. The summed E-state index contributed by atoms with van der Waals surface area (Å²) in [5, 5.41) is 4.63. The zero-order chi connectivity index (χ0) is 12.3. The molecule has 0 bridgehead atoms. The first-order valence-corrected chi connectivity index (χ1v) is 5.74. The van der Waals surface area contributed by atoms with Gasteiger partial charge in [-0.2, -0.15) is 5.10 Å². The summed E-state index contributed by atoms with van der Waals surface area (Å²) in [6.07, 6.45) is 3.66. The SMILES string of the molecule is CCC(C(=O)c1ccc(Cl)cc1)n1cncn1. The van der Waals surface area contributed by atoms with Crippen LogP contribution < -0.4 is 0 Å². The summed E-state index contributed by atoms with van der Waals surface area (Å²) in [6.45, 7) is 1.94. The molecule has 0 saturated carbocycles. The first kappa shape index (κ1) is 11.8. The minimum atomic E-state index is -0.307. The molecular formula is C12H12ClN3O. The molecule has 0 aliphatic carbocycles. The Hall–Kier alpha value is -1.68. The van der Waals surface area contributed by atoms with Crippen LogP contribution >= 0.6 is 11.6 Å². The predicted octanol–water partition coefficient (Wildman–Crippen LogP) is 2.77. The van der Waals surface area contributed by atoms with Gasteiger partial charge in [0.2, 0.25) is 0 Å². The van der Waals surface area contributed by atoms with E-state index in [1.807, 2.05) is 6.92 Å². The Bertz CT molecular complexity index is 493. The predicted molar refractivity (Wildman–Crippen MR) is 65.1 cm³/mol. The van der Waals surface area contributed by atoms with Gasteiger partial charge in [-0.25, -0.2) is 9.67 Å². The van der Waals surface area contributed by atoms with Gasteiger partial charge >= 0.3 is 0 Å². The molecule has 5 heteroatoms. The second kappa shape index (κ2) is 5.10. The Labute approximate surface area is 104 Å². The highest BCUT2D eigenvalue weighted by Crippen LogP contribution is 2.18. The van der Waals surface area contributed by atoms with E-state index in [4.69, 9.17) is 11.6 Å². The lowest BCUT2D eigenvalue weighted by atomic mass is 10.0. The number of rotatable bonds is 4. The molecule has 0 aliphatic heterocycles. The summed E-state index contributed by atoms with van der Waals surface area (Å²) >= 11 is 5.79. The minimum Gasteiger partial charge on any atom is -0.292 e. The third kappa shape index (κ3) is 2.53. The van der Waals surface area contributed by atoms with E-state index >= 15 is 0 Å². The molecule has 1 heterocycles. The zero-order valence-electron chi connectivity index (χ0n) is 9.38. The van der Waals surface area contributed by atoms with Crippen molar-refractivity contribution in [3.63, 3.8) is 0 Å². The third-order valence-electron chi connectivity index (χ3n) is 2.57. The molecule has 88 valence electrons. The van der Waals surface area contributed by atoms with Gasteiger partial charge < -0.3 is 0 Å². The summed E-state index contributed by atoms with van der Waals surface area (Å²) in [5.74, 6) is 0.0228. The Morgan fingerprint density at radius 2 is 2.12 bits per heavy atom. The molecule has 0 spiro atoms. The lowest BCUT2D eigenvalue weighted by Gasteiger charge is -2.13. The number of hydrogen-bond acceptors (Lipinski definition) is 3. The summed E-state index contributed by atoms with van der Waals surface area (Å²) in [5.41, 5.74) is 0.636. The molecule has 0 saturated heterocycles. The van der Waals surface area contributed by atoms with Crippen LogP contribution in [0.3, 0.4) is 0 Å². The number of hydrogen-bond donors (Lipinski definition) is 0. The average molecular weight is 250 g/mol. The Balaban J connectivity index is 2.26. The molecule has 1 unspecified atom stereocenters. The molecule has 0 fully saturated rings. The monoisotopic (exact) mass is 249 g/mol. The van der Waals surface area contributed by atoms with Gasteiger partial charge in [0.1, 0.15) is 18.7 Å². The quantitative estimate of drug-likeness (QED) is 0.783. The number of Topliss-reactive ketones (excluding diaryl/α,β-unsaturated/α-hetero) is 1. The van der Waals surface area contributed by atoms with Crippen molar-refractivity contribution in [2.75, 3.05) is 0 Å². The van der Waals surface area contributed by atoms with E-state index in [0.717, 1.165) is 0 Å². The molecule has 2 rings (SSSR count). The molecule has 0 amide bonds. The third-order valence-corrected chi connectivity index (χ3v) is 2.83. The maximum absolute atomic E-state index is 12.3. The number of ketones is 1. The van der Waals surface area contributed by atoms with E-state index in [9.17, 15) is 4.79 Å². The van der Waals surface area contributed by atoms with Crippen molar-refractivity contribution < 1.29 is 4.79 Å². The minimum absolute atomic E-state index is 0.0228. The van der Waals surface area contributed by atoms with Crippen molar-refractivity contribution in [1.82, 2.24) is 14.8 Å². The molecule has 1 aromatic heterocycles. The number of nitrogens with zero attached hydrogens (tertiary/aromatic N) is 3. The van der Waals surface area contributed by atoms with Crippen molar-refractivity contribution in [3.8, 4) is 0 Å². The summed E-state index contributed by atoms with van der Waals surface area (Å²) < 4.78 is 1.58. The Kier molecular flexibility index (Phi) is 3.54. The number of aromatic nitrogens is 3. The van der Waals surface area contributed by atoms with Gasteiger partial charge in [-0.15, -0.1) is 0 Å². The second-order valence-corrected chi connectivity index (χ2v) is 4.11. The van der Waals surface area contributed by atoms with Gasteiger partial charge in [-0.05, 0) is 30.7 Å². The van der Waals surface area contributed by atoms with Gasteiger partial charge in [-0.1, -0.05) is 18.5 Å². The number of benzene rings is 1. The van der Waals surface area contributed by atoms with Crippen molar-refractivity contribution in [3.05, 3.63) is 47.5 Å². The van der Waals surface area contributed by atoms with Gasteiger partial charge in [0.25, 0.3) is 0 Å². The van der Waals surface area contributed by atoms with E-state index in [0.29, 0.717) is 17.0 Å². The van der Waals surface area contributed by atoms with Crippen molar-refractivity contribution in [1.29, 1.82) is 0 Å². The van der Waals surface area contributed by atoms with Gasteiger partial charge in [0, 0.05) is 10.6 Å². The van der Waals surface area contributed by atoms with Gasteiger partial charge in [0.15, 0.2) is 5.78 Å².